The largest absolute Gasteiger partial charge is 0.500 e. The van der Waals surface area contributed by atoms with Crippen LogP contribution < -0.4 is 5.32 Å². The van der Waals surface area contributed by atoms with Crippen LogP contribution in [0.4, 0.5) is 11.4 Å². The first-order valence-corrected chi connectivity index (χ1v) is 5.67. The van der Waals surface area contributed by atoms with Gasteiger partial charge < -0.3 is 10.4 Å². The van der Waals surface area contributed by atoms with Crippen LogP contribution in [0.2, 0.25) is 0 Å². The fourth-order valence-corrected chi connectivity index (χ4v) is 1.63. The van der Waals surface area contributed by atoms with Crippen molar-refractivity contribution in [2.45, 2.75) is 11.8 Å². The van der Waals surface area contributed by atoms with Crippen molar-refractivity contribution in [2.24, 2.45) is 0 Å². The van der Waals surface area contributed by atoms with E-state index in [1.54, 1.807) is 0 Å². The number of benzene rings is 1. The summed E-state index contributed by atoms with van der Waals surface area (Å²) in [6, 6.07) is 1.58. The summed E-state index contributed by atoms with van der Waals surface area (Å²) in [7, 11) is -4.54. The molecule has 1 rings (SSSR count). The molecule has 0 heterocycles. The van der Waals surface area contributed by atoms with Gasteiger partial charge in [-0.2, -0.15) is 8.42 Å². The Balaban J connectivity index is 3.51. The van der Waals surface area contributed by atoms with E-state index in [4.69, 9.17) is 9.95 Å². The van der Waals surface area contributed by atoms with E-state index in [9.17, 15) is 18.3 Å². The number of carbonyl (C=O) groups excluding carboxylic acids is 1. The van der Waals surface area contributed by atoms with Crippen LogP contribution in [-0.4, -0.2) is 24.0 Å². The van der Waals surface area contributed by atoms with E-state index in [-0.39, 0.29) is 5.69 Å². The highest BCUT2D eigenvalue weighted by atomic mass is 32.2. The number of carbonyl (C=O) groups is 1. The molecule has 0 spiro atoms. The third kappa shape index (κ3) is 2.90. The molecule has 0 aliphatic carbocycles. The SMILES string of the molecule is CC(=O)Nc1cc(S(=O)(=O)O)cc([N+]#N)c1O. The topological polar surface area (TPSA) is 132 Å². The van der Waals surface area contributed by atoms with Crippen LogP contribution in [0.1, 0.15) is 6.92 Å². The Labute approximate surface area is 96.3 Å². The lowest BCUT2D eigenvalue weighted by atomic mass is 10.2. The molecule has 3 N–H and O–H groups in total. The number of nitrogens with zero attached hydrogens (tertiary/aromatic N) is 2. The van der Waals surface area contributed by atoms with Crippen LogP contribution >= 0.6 is 0 Å². The maximum absolute atomic E-state index is 10.9. The number of rotatable bonds is 2. The molecule has 8 nitrogen and oxygen atoms in total. The highest BCUT2D eigenvalue weighted by Crippen LogP contribution is 2.37. The van der Waals surface area contributed by atoms with E-state index in [1.165, 1.54) is 0 Å². The quantitative estimate of drug-likeness (QED) is 0.413. The highest BCUT2D eigenvalue weighted by Gasteiger charge is 2.24. The van der Waals surface area contributed by atoms with Gasteiger partial charge in [-0.05, 0) is 6.07 Å². The zero-order valence-electron chi connectivity index (χ0n) is 8.58. The summed E-state index contributed by atoms with van der Waals surface area (Å²) in [6.45, 7) is 1.13. The lowest BCUT2D eigenvalue weighted by Gasteiger charge is -2.04. The third-order valence-corrected chi connectivity index (χ3v) is 2.61. The fourth-order valence-electron chi connectivity index (χ4n) is 1.10. The number of phenolic OH excluding ortho intramolecular Hbond substituents is 1. The van der Waals surface area contributed by atoms with E-state index in [0.29, 0.717) is 0 Å². The van der Waals surface area contributed by atoms with Gasteiger partial charge in [-0.15, -0.1) is 0 Å². The molecule has 1 aromatic rings. The van der Waals surface area contributed by atoms with Crippen molar-refractivity contribution in [2.75, 3.05) is 5.32 Å². The summed E-state index contributed by atoms with van der Waals surface area (Å²) in [6.07, 6.45) is 0. The normalized spacial score (nSPS) is 10.6. The van der Waals surface area contributed by atoms with Gasteiger partial charge in [0.05, 0.1) is 11.8 Å². The summed E-state index contributed by atoms with van der Waals surface area (Å²) in [5.74, 6) is -1.19. The van der Waals surface area contributed by atoms with Gasteiger partial charge in [0.2, 0.25) is 17.0 Å². The Kier molecular flexibility index (Phi) is 3.31. The molecule has 0 fully saturated rings. The minimum absolute atomic E-state index is 0.291. The lowest BCUT2D eigenvalue weighted by molar-refractivity contribution is -0.114. The van der Waals surface area contributed by atoms with Crippen LogP contribution in [0, 0.1) is 5.39 Å². The number of amides is 1. The number of diazo groups is 1. The minimum atomic E-state index is -4.54. The van der Waals surface area contributed by atoms with Crippen molar-refractivity contribution in [3.05, 3.63) is 17.1 Å². The average molecular weight is 258 g/mol. The molecule has 90 valence electrons. The van der Waals surface area contributed by atoms with Gasteiger partial charge in [0.15, 0.2) is 4.98 Å². The molecule has 0 radical (unpaired) electrons. The first-order valence-electron chi connectivity index (χ1n) is 4.23. The summed E-state index contributed by atoms with van der Waals surface area (Å²) in [4.78, 5) is 12.8. The van der Waals surface area contributed by atoms with Gasteiger partial charge in [-0.1, -0.05) is 0 Å². The zero-order chi connectivity index (χ0) is 13.2. The van der Waals surface area contributed by atoms with E-state index < -0.39 is 32.4 Å². The fraction of sp³-hybridized carbons (Fsp3) is 0.125. The van der Waals surface area contributed by atoms with Crippen LogP contribution in [0.25, 0.3) is 4.98 Å². The monoisotopic (exact) mass is 258 g/mol. The number of nitrogens with one attached hydrogen (secondary N) is 1. The Morgan fingerprint density at radius 2 is 2.06 bits per heavy atom. The predicted octanol–water partition coefficient (Wildman–Crippen LogP) is 1.08. The smallest absolute Gasteiger partial charge is 0.429 e. The molecule has 0 bridgehead atoms. The molecule has 0 saturated carbocycles. The first kappa shape index (κ1) is 12.9. The molecule has 0 aliphatic rings. The van der Waals surface area contributed by atoms with Crippen molar-refractivity contribution in [3.8, 4) is 5.75 Å². The van der Waals surface area contributed by atoms with E-state index in [1.807, 2.05) is 0 Å². The maximum Gasteiger partial charge on any atom is 0.429 e. The van der Waals surface area contributed by atoms with E-state index >= 15 is 0 Å². The Morgan fingerprint density at radius 3 is 2.47 bits per heavy atom. The Morgan fingerprint density at radius 1 is 1.47 bits per heavy atom. The molecule has 17 heavy (non-hydrogen) atoms. The number of aromatic hydroxyl groups is 1. The number of hydrogen-bond acceptors (Lipinski definition) is 5. The predicted molar refractivity (Wildman–Crippen MR) is 57.0 cm³/mol. The van der Waals surface area contributed by atoms with Gasteiger partial charge >= 0.3 is 5.69 Å². The van der Waals surface area contributed by atoms with Crippen molar-refractivity contribution in [1.82, 2.24) is 0 Å². The second-order valence-corrected chi connectivity index (χ2v) is 4.52. The lowest BCUT2D eigenvalue weighted by Crippen LogP contribution is -2.07. The van der Waals surface area contributed by atoms with Gasteiger partial charge in [-0.3, -0.25) is 9.35 Å². The highest BCUT2D eigenvalue weighted by molar-refractivity contribution is 7.85. The minimum Gasteiger partial charge on any atom is -0.500 e. The molecule has 0 aromatic heterocycles. The van der Waals surface area contributed by atoms with Crippen LogP contribution in [0.3, 0.4) is 0 Å². The second kappa shape index (κ2) is 4.36. The molecule has 0 aliphatic heterocycles. The molecular formula is C8H8N3O5S+. The summed E-state index contributed by atoms with van der Waals surface area (Å²) in [5.41, 5.74) is -0.788. The first-order chi connectivity index (χ1) is 7.75. The number of anilines is 1. The van der Waals surface area contributed by atoms with E-state index in [0.717, 1.165) is 19.1 Å². The van der Waals surface area contributed by atoms with Crippen molar-refractivity contribution < 1.29 is 22.9 Å². The summed E-state index contributed by atoms with van der Waals surface area (Å²) in [5, 5.41) is 20.2. The van der Waals surface area contributed by atoms with Gasteiger partial charge in [-0.25, -0.2) is 0 Å². The van der Waals surface area contributed by atoms with Gasteiger partial charge in [0.1, 0.15) is 4.90 Å². The van der Waals surface area contributed by atoms with Crippen LogP contribution in [0.15, 0.2) is 17.0 Å². The molecule has 9 heteroatoms. The molecule has 1 amide bonds. The molecular weight excluding hydrogens is 250 g/mol. The molecule has 0 saturated heterocycles. The Bertz CT molecular complexity index is 617. The standard InChI is InChI=1S/C8H7N3O5S/c1-4(12)10-6-2-5(17(14,15)16)3-7(11-9)8(6)13/h2-3,9H,1H3,(H,14,15,16)/p+1. The Hall–Kier alpha value is -2.18. The van der Waals surface area contributed by atoms with Gasteiger partial charge in [0.25, 0.3) is 10.1 Å². The average Bonchev–Trinajstić information content (AvgIpc) is 2.18. The molecule has 0 atom stereocenters. The molecule has 0 unspecified atom stereocenters. The number of phenols is 1. The van der Waals surface area contributed by atoms with Crippen LogP contribution in [-0.2, 0) is 14.9 Å². The van der Waals surface area contributed by atoms with Crippen molar-refractivity contribution in [1.29, 1.82) is 5.39 Å². The van der Waals surface area contributed by atoms with Gasteiger partial charge in [0, 0.05) is 6.92 Å². The van der Waals surface area contributed by atoms with E-state index in [2.05, 4.69) is 10.3 Å². The third-order valence-electron chi connectivity index (χ3n) is 1.78. The zero-order valence-corrected chi connectivity index (χ0v) is 9.39. The van der Waals surface area contributed by atoms with Crippen LogP contribution in [0.5, 0.6) is 5.75 Å². The maximum atomic E-state index is 10.9. The number of hydrogen-bond donors (Lipinski definition) is 3. The summed E-state index contributed by atoms with van der Waals surface area (Å²) < 4.78 is 30.6. The van der Waals surface area contributed by atoms with Crippen molar-refractivity contribution >= 4 is 27.4 Å². The molecule has 1 aromatic carbocycles. The summed E-state index contributed by atoms with van der Waals surface area (Å²) >= 11 is 0. The second-order valence-electron chi connectivity index (χ2n) is 3.09. The van der Waals surface area contributed by atoms with Crippen molar-refractivity contribution in [3.63, 3.8) is 0 Å².